The van der Waals surface area contributed by atoms with Crippen molar-refractivity contribution in [3.05, 3.63) is 58.5 Å². The molecule has 0 aliphatic carbocycles. The molecule has 3 aromatic rings. The molecule has 2 aromatic heterocycles. The molecule has 0 atom stereocenters. The first kappa shape index (κ1) is 15.9. The van der Waals surface area contributed by atoms with Gasteiger partial charge in [0.1, 0.15) is 5.82 Å². The Labute approximate surface area is 138 Å². The Kier molecular flexibility index (Phi) is 4.41. The zero-order valence-corrected chi connectivity index (χ0v) is 13.7. The Morgan fingerprint density at radius 1 is 1.21 bits per heavy atom. The number of aromatic nitrogens is 4. The summed E-state index contributed by atoms with van der Waals surface area (Å²) in [4.78, 5) is 28.9. The monoisotopic (exact) mass is 325 g/mol. The van der Waals surface area contributed by atoms with Crippen molar-refractivity contribution < 1.29 is 4.79 Å². The summed E-state index contributed by atoms with van der Waals surface area (Å²) in [6.07, 6.45) is 4.37. The van der Waals surface area contributed by atoms with E-state index >= 15 is 0 Å². The van der Waals surface area contributed by atoms with Crippen LogP contribution in [0.1, 0.15) is 22.7 Å². The van der Waals surface area contributed by atoms with Crippen LogP contribution in [0.25, 0.3) is 10.8 Å². The molecule has 1 aromatic carbocycles. The molecule has 1 amide bonds. The Balaban J connectivity index is 1.93. The van der Waals surface area contributed by atoms with Crippen LogP contribution in [0.2, 0.25) is 0 Å². The van der Waals surface area contributed by atoms with E-state index in [1.807, 2.05) is 17.7 Å². The highest BCUT2D eigenvalue weighted by atomic mass is 16.2. The lowest BCUT2D eigenvalue weighted by Crippen LogP contribution is -2.29. The summed E-state index contributed by atoms with van der Waals surface area (Å²) in [7, 11) is 1.55. The van der Waals surface area contributed by atoms with Crippen LogP contribution in [0.15, 0.2) is 41.5 Å². The van der Waals surface area contributed by atoms with Gasteiger partial charge in [-0.2, -0.15) is 5.10 Å². The number of carbonyl (C=O) groups is 1. The second-order valence-corrected chi connectivity index (χ2v) is 5.52. The molecule has 0 saturated heterocycles. The van der Waals surface area contributed by atoms with Crippen molar-refractivity contribution in [1.82, 2.24) is 24.6 Å². The SMILES string of the molecule is CNC(=O)c1nn(CCCn2ccnc2C)c(=O)c2ccccc12. The lowest BCUT2D eigenvalue weighted by molar-refractivity contribution is 0.0957. The number of carbonyl (C=O) groups excluding carboxylic acids is 1. The highest BCUT2D eigenvalue weighted by Crippen LogP contribution is 2.13. The van der Waals surface area contributed by atoms with Crippen LogP contribution in [-0.4, -0.2) is 32.3 Å². The average Bonchev–Trinajstić information content (AvgIpc) is 3.01. The van der Waals surface area contributed by atoms with Crippen molar-refractivity contribution in [2.45, 2.75) is 26.4 Å². The molecule has 0 saturated carbocycles. The van der Waals surface area contributed by atoms with Crippen LogP contribution in [0.4, 0.5) is 0 Å². The zero-order valence-electron chi connectivity index (χ0n) is 13.7. The standard InChI is InChI=1S/C17H19N5O2/c1-12-19-8-11-21(12)9-5-10-22-17(24)14-7-4-3-6-13(14)15(20-22)16(23)18-2/h3-4,6-8,11H,5,9-10H2,1-2H3,(H,18,23). The number of imidazole rings is 1. The smallest absolute Gasteiger partial charge is 0.274 e. The first-order valence-electron chi connectivity index (χ1n) is 7.81. The Hall–Kier alpha value is -2.96. The summed E-state index contributed by atoms with van der Waals surface area (Å²) in [6.45, 7) is 3.11. The minimum absolute atomic E-state index is 0.180. The van der Waals surface area contributed by atoms with Gasteiger partial charge in [-0.15, -0.1) is 0 Å². The van der Waals surface area contributed by atoms with Gasteiger partial charge in [-0.3, -0.25) is 9.59 Å². The van der Waals surface area contributed by atoms with Gasteiger partial charge >= 0.3 is 0 Å². The second kappa shape index (κ2) is 6.66. The van der Waals surface area contributed by atoms with Gasteiger partial charge in [-0.05, 0) is 19.4 Å². The average molecular weight is 325 g/mol. The van der Waals surface area contributed by atoms with Gasteiger partial charge < -0.3 is 9.88 Å². The summed E-state index contributed by atoms with van der Waals surface area (Å²) in [5.41, 5.74) is 0.0899. The van der Waals surface area contributed by atoms with Gasteiger partial charge in [0.25, 0.3) is 11.5 Å². The topological polar surface area (TPSA) is 81.8 Å². The van der Waals surface area contributed by atoms with E-state index < -0.39 is 0 Å². The third-order valence-corrected chi connectivity index (χ3v) is 4.00. The van der Waals surface area contributed by atoms with Crippen molar-refractivity contribution in [2.75, 3.05) is 7.05 Å². The normalized spacial score (nSPS) is 10.9. The number of benzene rings is 1. The number of fused-ring (bicyclic) bond motifs is 1. The largest absolute Gasteiger partial charge is 0.354 e. The number of nitrogens with zero attached hydrogens (tertiary/aromatic N) is 4. The van der Waals surface area contributed by atoms with Gasteiger partial charge in [0, 0.05) is 37.9 Å². The van der Waals surface area contributed by atoms with Crippen LogP contribution in [0.3, 0.4) is 0 Å². The van der Waals surface area contributed by atoms with E-state index in [2.05, 4.69) is 15.4 Å². The molecule has 7 nitrogen and oxygen atoms in total. The summed E-state index contributed by atoms with van der Waals surface area (Å²) < 4.78 is 3.39. The molecule has 7 heteroatoms. The molecule has 0 aliphatic rings. The first-order valence-corrected chi connectivity index (χ1v) is 7.81. The second-order valence-electron chi connectivity index (χ2n) is 5.52. The molecule has 1 N–H and O–H groups in total. The van der Waals surface area contributed by atoms with E-state index in [0.717, 1.165) is 18.8 Å². The van der Waals surface area contributed by atoms with E-state index in [1.165, 1.54) is 4.68 Å². The van der Waals surface area contributed by atoms with Gasteiger partial charge in [-0.1, -0.05) is 18.2 Å². The lowest BCUT2D eigenvalue weighted by Gasteiger charge is -2.11. The summed E-state index contributed by atoms with van der Waals surface area (Å²) in [5, 5.41) is 7.93. The van der Waals surface area contributed by atoms with Crippen LogP contribution in [0.5, 0.6) is 0 Å². The molecule has 24 heavy (non-hydrogen) atoms. The number of hydrogen-bond acceptors (Lipinski definition) is 4. The highest BCUT2D eigenvalue weighted by molar-refractivity contribution is 6.04. The Morgan fingerprint density at radius 3 is 2.62 bits per heavy atom. The number of amides is 1. The molecule has 0 bridgehead atoms. The fourth-order valence-electron chi connectivity index (χ4n) is 2.70. The molecular formula is C17H19N5O2. The first-order chi connectivity index (χ1) is 11.6. The maximum Gasteiger partial charge on any atom is 0.274 e. The predicted molar refractivity (Wildman–Crippen MR) is 91.0 cm³/mol. The van der Waals surface area contributed by atoms with Crippen LogP contribution < -0.4 is 10.9 Å². The Morgan fingerprint density at radius 2 is 1.96 bits per heavy atom. The molecule has 124 valence electrons. The fourth-order valence-corrected chi connectivity index (χ4v) is 2.70. The molecule has 0 unspecified atom stereocenters. The summed E-state index contributed by atoms with van der Waals surface area (Å²) in [5.74, 6) is 0.630. The molecule has 2 heterocycles. The Bertz CT molecular complexity index is 942. The number of rotatable bonds is 5. The van der Waals surface area contributed by atoms with Crippen LogP contribution in [0, 0.1) is 6.92 Å². The molecule has 0 fully saturated rings. The molecule has 0 aliphatic heterocycles. The quantitative estimate of drug-likeness (QED) is 0.768. The third-order valence-electron chi connectivity index (χ3n) is 4.00. The fraction of sp³-hybridized carbons (Fsp3) is 0.294. The highest BCUT2D eigenvalue weighted by Gasteiger charge is 2.15. The molecule has 3 rings (SSSR count). The maximum absolute atomic E-state index is 12.6. The van der Waals surface area contributed by atoms with Gasteiger partial charge in [0.2, 0.25) is 0 Å². The van der Waals surface area contributed by atoms with Gasteiger partial charge in [-0.25, -0.2) is 9.67 Å². The number of aryl methyl sites for hydroxylation is 3. The zero-order chi connectivity index (χ0) is 17.1. The van der Waals surface area contributed by atoms with E-state index in [4.69, 9.17) is 0 Å². The van der Waals surface area contributed by atoms with Crippen molar-refractivity contribution in [1.29, 1.82) is 0 Å². The summed E-state index contributed by atoms with van der Waals surface area (Å²) >= 11 is 0. The van der Waals surface area contributed by atoms with E-state index in [1.54, 1.807) is 37.5 Å². The van der Waals surface area contributed by atoms with Crippen LogP contribution in [-0.2, 0) is 13.1 Å². The molecule has 0 spiro atoms. The van der Waals surface area contributed by atoms with Crippen molar-refractivity contribution in [3.63, 3.8) is 0 Å². The number of hydrogen-bond donors (Lipinski definition) is 1. The summed E-state index contributed by atoms with van der Waals surface area (Å²) in [6, 6.07) is 7.05. The predicted octanol–water partition coefficient (Wildman–Crippen LogP) is 1.35. The third kappa shape index (κ3) is 2.92. The molecular weight excluding hydrogens is 306 g/mol. The van der Waals surface area contributed by atoms with E-state index in [9.17, 15) is 9.59 Å². The minimum atomic E-state index is -0.301. The van der Waals surface area contributed by atoms with E-state index in [0.29, 0.717) is 17.3 Å². The van der Waals surface area contributed by atoms with Gasteiger partial charge in [0.15, 0.2) is 5.69 Å². The van der Waals surface area contributed by atoms with Gasteiger partial charge in [0.05, 0.1) is 5.39 Å². The van der Waals surface area contributed by atoms with E-state index in [-0.39, 0.29) is 17.2 Å². The van der Waals surface area contributed by atoms with Crippen LogP contribution >= 0.6 is 0 Å². The van der Waals surface area contributed by atoms with Crippen molar-refractivity contribution >= 4 is 16.7 Å². The maximum atomic E-state index is 12.6. The minimum Gasteiger partial charge on any atom is -0.354 e. The number of nitrogens with one attached hydrogen (secondary N) is 1. The molecule has 0 radical (unpaired) electrons. The van der Waals surface area contributed by atoms with Crippen molar-refractivity contribution in [3.8, 4) is 0 Å². The lowest BCUT2D eigenvalue weighted by atomic mass is 10.1. The van der Waals surface area contributed by atoms with Crippen molar-refractivity contribution in [2.24, 2.45) is 0 Å².